The van der Waals surface area contributed by atoms with E-state index in [1.54, 1.807) is 31.2 Å². The number of Topliss-reactive ketones (excluding diaryl/α,β-unsaturated/α-hetero) is 1. The first-order valence-electron chi connectivity index (χ1n) is 7.84. The first kappa shape index (κ1) is 16.6. The van der Waals surface area contributed by atoms with Crippen LogP contribution in [0, 0.1) is 0 Å². The van der Waals surface area contributed by atoms with Crippen LogP contribution >= 0.6 is 0 Å². The summed E-state index contributed by atoms with van der Waals surface area (Å²) in [6.45, 7) is 3.57. The number of aliphatic hydroxyl groups excluding tert-OH is 1. The zero-order chi connectivity index (χ0) is 18.0. The van der Waals surface area contributed by atoms with Crippen molar-refractivity contribution in [1.29, 1.82) is 0 Å². The Bertz CT molecular complexity index is 922. The second-order valence-corrected chi connectivity index (χ2v) is 5.70. The average Bonchev–Trinajstić information content (AvgIpc) is 2.87. The van der Waals surface area contributed by atoms with Crippen molar-refractivity contribution in [2.45, 2.75) is 13.8 Å². The van der Waals surface area contributed by atoms with Crippen LogP contribution in [0.25, 0.3) is 5.76 Å². The summed E-state index contributed by atoms with van der Waals surface area (Å²) in [5.41, 5.74) is 4.16. The summed E-state index contributed by atoms with van der Waals surface area (Å²) < 4.78 is 0. The van der Waals surface area contributed by atoms with E-state index in [1.165, 1.54) is 7.11 Å². The zero-order valence-corrected chi connectivity index (χ0v) is 14.3. The lowest BCUT2D eigenvalue weighted by atomic mass is 10.1. The van der Waals surface area contributed by atoms with Gasteiger partial charge in [-0.05, 0) is 31.5 Å². The van der Waals surface area contributed by atoms with Crippen LogP contribution in [-0.2, 0) is 4.84 Å². The number of ketones is 1. The molecule has 0 spiro atoms. The molecule has 0 unspecified atom stereocenters. The highest BCUT2D eigenvalue weighted by molar-refractivity contribution is 6.35. The van der Waals surface area contributed by atoms with E-state index in [4.69, 9.17) is 4.84 Å². The molecule has 1 aliphatic rings. The molecule has 0 atom stereocenters. The Hall–Kier alpha value is -3.21. The van der Waals surface area contributed by atoms with Crippen molar-refractivity contribution in [3.8, 4) is 0 Å². The van der Waals surface area contributed by atoms with E-state index in [2.05, 4.69) is 10.1 Å². The molecule has 126 valence electrons. The van der Waals surface area contributed by atoms with E-state index in [1.807, 2.05) is 31.2 Å². The monoisotopic (exact) mass is 334 g/mol. The third-order valence-electron chi connectivity index (χ3n) is 4.06. The first-order chi connectivity index (χ1) is 12.0. The maximum Gasteiger partial charge on any atom is 0.199 e. The number of carbonyl (C=O) groups excluding carboxylic acids is 1. The van der Waals surface area contributed by atoms with Gasteiger partial charge in [0.05, 0.1) is 22.7 Å². The summed E-state index contributed by atoms with van der Waals surface area (Å²) in [6.07, 6.45) is 0. The number of carbonyl (C=O) groups is 1. The minimum Gasteiger partial charge on any atom is -0.506 e. The largest absolute Gasteiger partial charge is 0.506 e. The Kier molecular flexibility index (Phi) is 4.48. The second-order valence-electron chi connectivity index (χ2n) is 5.70. The van der Waals surface area contributed by atoms with Crippen molar-refractivity contribution in [2.75, 3.05) is 7.11 Å². The molecule has 2 aromatic carbocycles. The summed E-state index contributed by atoms with van der Waals surface area (Å²) in [7, 11) is 1.50. The molecule has 0 aliphatic heterocycles. The van der Waals surface area contributed by atoms with Crippen LogP contribution in [0.3, 0.4) is 0 Å². The number of oxime groups is 1. The van der Waals surface area contributed by atoms with Crippen LogP contribution in [0.5, 0.6) is 0 Å². The van der Waals surface area contributed by atoms with Gasteiger partial charge < -0.3 is 9.94 Å². The van der Waals surface area contributed by atoms with Crippen LogP contribution in [0.2, 0.25) is 0 Å². The summed E-state index contributed by atoms with van der Waals surface area (Å²) >= 11 is 0. The molecule has 5 heteroatoms. The van der Waals surface area contributed by atoms with Crippen LogP contribution in [0.1, 0.15) is 35.3 Å². The van der Waals surface area contributed by atoms with Gasteiger partial charge in [0, 0.05) is 11.1 Å². The molecule has 0 fully saturated rings. The molecule has 1 aliphatic carbocycles. The molecule has 3 rings (SSSR count). The van der Waals surface area contributed by atoms with Gasteiger partial charge in [-0.25, -0.2) is 0 Å². The molecule has 0 radical (unpaired) electrons. The number of aliphatic hydroxyl groups is 1. The van der Waals surface area contributed by atoms with Crippen LogP contribution in [-0.4, -0.2) is 29.4 Å². The number of hydrogen-bond acceptors (Lipinski definition) is 5. The standard InChI is InChI=1S/C20H18N2O3/c1-12(22-25-3)14-8-10-15(11-9-14)21-13(2)18-19(23)16-6-4-5-7-17(16)20(18)24/h4-11,23H,1-3H3. The first-order valence-corrected chi connectivity index (χ1v) is 7.84. The molecule has 0 bridgehead atoms. The summed E-state index contributed by atoms with van der Waals surface area (Å²) in [5, 5.41) is 14.3. The summed E-state index contributed by atoms with van der Waals surface area (Å²) in [4.78, 5) is 21.8. The van der Waals surface area contributed by atoms with E-state index in [-0.39, 0.29) is 17.1 Å². The predicted molar refractivity (Wildman–Crippen MR) is 98.8 cm³/mol. The molecule has 25 heavy (non-hydrogen) atoms. The van der Waals surface area contributed by atoms with Crippen LogP contribution < -0.4 is 0 Å². The van der Waals surface area contributed by atoms with E-state index in [0.29, 0.717) is 22.5 Å². The molecule has 5 nitrogen and oxygen atoms in total. The van der Waals surface area contributed by atoms with Gasteiger partial charge in [-0.1, -0.05) is 41.6 Å². The van der Waals surface area contributed by atoms with Gasteiger partial charge in [0.25, 0.3) is 0 Å². The average molecular weight is 334 g/mol. The highest BCUT2D eigenvalue weighted by Crippen LogP contribution is 2.32. The Labute approximate surface area is 146 Å². The fourth-order valence-electron chi connectivity index (χ4n) is 2.82. The number of rotatable bonds is 4. The molecular formula is C20H18N2O3. The SMILES string of the molecule is CON=C(C)c1ccc(N=C(C)C2=C(O)c3ccccc3C2=O)cc1. The molecule has 0 saturated carbocycles. The highest BCUT2D eigenvalue weighted by atomic mass is 16.6. The third-order valence-corrected chi connectivity index (χ3v) is 4.06. The van der Waals surface area contributed by atoms with Gasteiger partial charge in [0.15, 0.2) is 5.78 Å². The number of allylic oxidation sites excluding steroid dienone is 1. The molecule has 1 N–H and O–H groups in total. The van der Waals surface area contributed by atoms with Crippen molar-refractivity contribution >= 4 is 28.7 Å². The van der Waals surface area contributed by atoms with Gasteiger partial charge in [-0.3, -0.25) is 9.79 Å². The number of hydrogen-bond donors (Lipinski definition) is 1. The lowest BCUT2D eigenvalue weighted by Crippen LogP contribution is -2.07. The smallest absolute Gasteiger partial charge is 0.199 e. The lowest BCUT2D eigenvalue weighted by Gasteiger charge is -2.04. The van der Waals surface area contributed by atoms with Crippen molar-refractivity contribution in [1.82, 2.24) is 0 Å². The van der Waals surface area contributed by atoms with Gasteiger partial charge in [0.1, 0.15) is 12.9 Å². The Morgan fingerprint density at radius 1 is 0.960 bits per heavy atom. The van der Waals surface area contributed by atoms with E-state index < -0.39 is 0 Å². The molecule has 0 heterocycles. The Morgan fingerprint density at radius 3 is 2.20 bits per heavy atom. The second kappa shape index (κ2) is 6.73. The maximum atomic E-state index is 12.5. The molecular weight excluding hydrogens is 316 g/mol. The van der Waals surface area contributed by atoms with Gasteiger partial charge in [-0.15, -0.1) is 0 Å². The van der Waals surface area contributed by atoms with Gasteiger partial charge in [0.2, 0.25) is 0 Å². The normalized spacial score (nSPS) is 14.8. The Balaban J connectivity index is 1.92. The summed E-state index contributed by atoms with van der Waals surface area (Å²) in [6, 6.07) is 14.4. The van der Waals surface area contributed by atoms with E-state index >= 15 is 0 Å². The van der Waals surface area contributed by atoms with Crippen molar-refractivity contribution in [2.24, 2.45) is 10.1 Å². The fraction of sp³-hybridized carbons (Fsp3) is 0.150. The number of benzene rings is 2. The maximum absolute atomic E-state index is 12.5. The highest BCUT2D eigenvalue weighted by Gasteiger charge is 2.30. The molecule has 0 amide bonds. The predicted octanol–water partition coefficient (Wildman–Crippen LogP) is 4.32. The van der Waals surface area contributed by atoms with Crippen molar-refractivity contribution < 1.29 is 14.7 Å². The van der Waals surface area contributed by atoms with E-state index in [9.17, 15) is 9.90 Å². The van der Waals surface area contributed by atoms with Crippen LogP contribution in [0.15, 0.2) is 64.3 Å². The lowest BCUT2D eigenvalue weighted by molar-refractivity contribution is 0.104. The zero-order valence-electron chi connectivity index (χ0n) is 14.3. The van der Waals surface area contributed by atoms with Gasteiger partial charge in [-0.2, -0.15) is 0 Å². The quantitative estimate of drug-likeness (QED) is 0.669. The van der Waals surface area contributed by atoms with Crippen molar-refractivity contribution in [3.05, 3.63) is 70.8 Å². The molecule has 0 saturated heterocycles. The van der Waals surface area contributed by atoms with Crippen LogP contribution in [0.4, 0.5) is 5.69 Å². The Morgan fingerprint density at radius 2 is 1.60 bits per heavy atom. The fourth-order valence-corrected chi connectivity index (χ4v) is 2.82. The number of aliphatic imine (C=N–C) groups is 1. The third kappa shape index (κ3) is 3.08. The molecule has 0 aromatic heterocycles. The van der Waals surface area contributed by atoms with E-state index in [0.717, 1.165) is 11.3 Å². The van der Waals surface area contributed by atoms with Crippen molar-refractivity contribution in [3.63, 3.8) is 0 Å². The molecule has 2 aromatic rings. The number of fused-ring (bicyclic) bond motifs is 1. The number of nitrogens with zero attached hydrogens (tertiary/aromatic N) is 2. The minimum atomic E-state index is -0.200. The topological polar surface area (TPSA) is 71.2 Å². The minimum absolute atomic E-state index is 0.0125. The summed E-state index contributed by atoms with van der Waals surface area (Å²) in [5.74, 6) is -0.212. The van der Waals surface area contributed by atoms with Gasteiger partial charge >= 0.3 is 0 Å².